The van der Waals surface area contributed by atoms with Crippen LogP contribution in [0.3, 0.4) is 0 Å². The molecule has 0 amide bonds. The molecular formula is C21H15ClN4O2. The number of aromatic hydroxyl groups is 1. The molecule has 1 N–H and O–H groups in total. The molecule has 6 nitrogen and oxygen atoms in total. The van der Waals surface area contributed by atoms with E-state index in [2.05, 4.69) is 10.2 Å². The van der Waals surface area contributed by atoms with Crippen LogP contribution in [0.25, 0.3) is 11.4 Å². The molecular weight excluding hydrogens is 376 g/mol. The van der Waals surface area contributed by atoms with Crippen molar-refractivity contribution in [2.75, 3.05) is 0 Å². The number of benzene rings is 3. The fraction of sp³-hybridized carbons (Fsp3) is 0. The standard InChI is InChI=1S/C21H15ClN4O2/c22-15-11-13-16(14-12-15)23-24-19-20(27)25(17-7-3-1-4-8-17)26(21(19)28)18-9-5-2-6-10-18/h1-14,27H. The monoisotopic (exact) mass is 390 g/mol. The van der Waals surface area contributed by atoms with Crippen LogP contribution in [0, 0.1) is 0 Å². The first kappa shape index (κ1) is 17.8. The van der Waals surface area contributed by atoms with Crippen LogP contribution in [0.1, 0.15) is 0 Å². The number of rotatable bonds is 4. The molecule has 0 unspecified atom stereocenters. The van der Waals surface area contributed by atoms with E-state index in [0.29, 0.717) is 22.1 Å². The zero-order valence-corrected chi connectivity index (χ0v) is 15.4. The van der Waals surface area contributed by atoms with Crippen LogP contribution in [-0.4, -0.2) is 14.5 Å². The summed E-state index contributed by atoms with van der Waals surface area (Å²) in [5.74, 6) is -0.294. The second-order valence-electron chi connectivity index (χ2n) is 5.95. The van der Waals surface area contributed by atoms with Gasteiger partial charge < -0.3 is 5.11 Å². The molecule has 4 aromatic rings. The molecule has 7 heteroatoms. The molecule has 1 aromatic heterocycles. The maximum Gasteiger partial charge on any atom is 0.303 e. The van der Waals surface area contributed by atoms with Gasteiger partial charge in [-0.05, 0) is 48.5 Å². The van der Waals surface area contributed by atoms with E-state index in [-0.39, 0.29) is 11.6 Å². The van der Waals surface area contributed by atoms with E-state index in [4.69, 9.17) is 11.6 Å². The summed E-state index contributed by atoms with van der Waals surface area (Å²) in [4.78, 5) is 13.1. The van der Waals surface area contributed by atoms with Crippen LogP contribution in [0.15, 0.2) is 100.0 Å². The number of halogens is 1. The first-order valence-electron chi connectivity index (χ1n) is 8.50. The average molecular weight is 391 g/mol. The molecule has 3 aromatic carbocycles. The molecule has 4 rings (SSSR count). The summed E-state index contributed by atoms with van der Waals surface area (Å²) in [5.41, 5.74) is 1.10. The van der Waals surface area contributed by atoms with Gasteiger partial charge >= 0.3 is 5.56 Å². The van der Waals surface area contributed by atoms with Gasteiger partial charge in [0.15, 0.2) is 0 Å². The van der Waals surface area contributed by atoms with Gasteiger partial charge in [0, 0.05) is 5.02 Å². The second kappa shape index (κ2) is 7.54. The lowest BCUT2D eigenvalue weighted by molar-refractivity contribution is 0.426. The molecule has 0 bridgehead atoms. The minimum Gasteiger partial charge on any atom is -0.492 e. The van der Waals surface area contributed by atoms with Gasteiger partial charge in [-0.3, -0.25) is 4.79 Å². The average Bonchev–Trinajstić information content (AvgIpc) is 2.99. The van der Waals surface area contributed by atoms with Gasteiger partial charge in [0.25, 0.3) is 0 Å². The fourth-order valence-electron chi connectivity index (χ4n) is 2.79. The summed E-state index contributed by atoms with van der Waals surface area (Å²) in [6.45, 7) is 0. The minimum absolute atomic E-state index is 0.150. The number of nitrogens with zero attached hydrogens (tertiary/aromatic N) is 4. The molecule has 0 aliphatic carbocycles. The number of aromatic nitrogens is 2. The predicted octanol–water partition coefficient (Wildman–Crippen LogP) is 5.40. The summed E-state index contributed by atoms with van der Waals surface area (Å²) >= 11 is 5.87. The van der Waals surface area contributed by atoms with Crippen LogP contribution < -0.4 is 5.56 Å². The van der Waals surface area contributed by atoms with E-state index in [1.54, 1.807) is 48.5 Å². The molecule has 28 heavy (non-hydrogen) atoms. The van der Waals surface area contributed by atoms with Gasteiger partial charge in [0.2, 0.25) is 11.6 Å². The quantitative estimate of drug-likeness (QED) is 0.473. The molecule has 138 valence electrons. The topological polar surface area (TPSA) is 71.9 Å². The van der Waals surface area contributed by atoms with Crippen LogP contribution in [0.4, 0.5) is 11.4 Å². The van der Waals surface area contributed by atoms with E-state index in [0.717, 1.165) is 0 Å². The largest absolute Gasteiger partial charge is 0.492 e. The Kier molecular flexibility index (Phi) is 4.78. The molecule has 0 saturated carbocycles. The SMILES string of the molecule is O=c1c(N=Nc2ccc(Cl)cc2)c(O)n(-c2ccccc2)n1-c1ccccc1. The smallest absolute Gasteiger partial charge is 0.303 e. The Balaban J connectivity index is 1.90. The fourth-order valence-corrected chi connectivity index (χ4v) is 2.92. The molecule has 0 fully saturated rings. The third-order valence-corrected chi connectivity index (χ3v) is 4.35. The van der Waals surface area contributed by atoms with Gasteiger partial charge in [-0.1, -0.05) is 48.0 Å². The van der Waals surface area contributed by atoms with Crippen molar-refractivity contribution >= 4 is 23.0 Å². The second-order valence-corrected chi connectivity index (χ2v) is 6.38. The Bertz CT molecular complexity index is 1180. The predicted molar refractivity (Wildman–Crippen MR) is 109 cm³/mol. The molecule has 0 spiro atoms. The Morgan fingerprint density at radius 3 is 1.82 bits per heavy atom. The van der Waals surface area contributed by atoms with Crippen molar-refractivity contribution in [3.8, 4) is 17.3 Å². The maximum absolute atomic E-state index is 13.1. The lowest BCUT2D eigenvalue weighted by atomic mass is 10.3. The van der Waals surface area contributed by atoms with Gasteiger partial charge in [-0.25, -0.2) is 9.36 Å². The molecule has 1 heterocycles. The third-order valence-electron chi connectivity index (χ3n) is 4.10. The molecule has 0 radical (unpaired) electrons. The highest BCUT2D eigenvalue weighted by molar-refractivity contribution is 6.30. The van der Waals surface area contributed by atoms with E-state index >= 15 is 0 Å². The lowest BCUT2D eigenvalue weighted by Crippen LogP contribution is -2.20. The van der Waals surface area contributed by atoms with Crippen molar-refractivity contribution in [2.24, 2.45) is 10.2 Å². The van der Waals surface area contributed by atoms with E-state index < -0.39 is 5.56 Å². The summed E-state index contributed by atoms with van der Waals surface area (Å²) < 4.78 is 2.77. The van der Waals surface area contributed by atoms with Gasteiger partial charge in [-0.15, -0.1) is 5.11 Å². The molecule has 0 aliphatic rings. The summed E-state index contributed by atoms with van der Waals surface area (Å²) in [6, 6.07) is 24.8. The first-order chi connectivity index (χ1) is 13.6. The van der Waals surface area contributed by atoms with Crippen molar-refractivity contribution in [2.45, 2.75) is 0 Å². The Hall–Kier alpha value is -3.64. The first-order valence-corrected chi connectivity index (χ1v) is 8.88. The Morgan fingerprint density at radius 1 is 0.714 bits per heavy atom. The summed E-state index contributed by atoms with van der Waals surface area (Å²) in [5, 5.41) is 19.4. The van der Waals surface area contributed by atoms with Crippen molar-refractivity contribution < 1.29 is 5.11 Å². The van der Waals surface area contributed by atoms with Crippen LogP contribution >= 0.6 is 11.6 Å². The van der Waals surface area contributed by atoms with Crippen molar-refractivity contribution in [3.63, 3.8) is 0 Å². The molecule has 0 aliphatic heterocycles. The number of hydrogen-bond donors (Lipinski definition) is 1. The van der Waals surface area contributed by atoms with Crippen molar-refractivity contribution in [3.05, 3.63) is 100 Å². The maximum atomic E-state index is 13.1. The zero-order chi connectivity index (χ0) is 19.5. The number of azo groups is 1. The third kappa shape index (κ3) is 3.33. The van der Waals surface area contributed by atoms with E-state index in [9.17, 15) is 9.90 Å². The highest BCUT2D eigenvalue weighted by Gasteiger charge is 2.22. The van der Waals surface area contributed by atoms with Crippen LogP contribution in [0.2, 0.25) is 5.02 Å². The van der Waals surface area contributed by atoms with Crippen molar-refractivity contribution in [1.29, 1.82) is 0 Å². The van der Waals surface area contributed by atoms with E-state index in [1.165, 1.54) is 9.36 Å². The summed E-state index contributed by atoms with van der Waals surface area (Å²) in [6.07, 6.45) is 0. The molecule has 0 atom stereocenters. The van der Waals surface area contributed by atoms with Crippen molar-refractivity contribution in [1.82, 2.24) is 9.36 Å². The highest BCUT2D eigenvalue weighted by Crippen LogP contribution is 2.30. The lowest BCUT2D eigenvalue weighted by Gasteiger charge is -2.12. The molecule has 0 saturated heterocycles. The van der Waals surface area contributed by atoms with Crippen LogP contribution in [0.5, 0.6) is 5.88 Å². The number of para-hydroxylation sites is 2. The summed E-state index contributed by atoms with van der Waals surface area (Å²) in [7, 11) is 0. The highest BCUT2D eigenvalue weighted by atomic mass is 35.5. The van der Waals surface area contributed by atoms with Gasteiger partial charge in [0.1, 0.15) is 0 Å². The zero-order valence-electron chi connectivity index (χ0n) is 14.6. The van der Waals surface area contributed by atoms with Crippen LogP contribution in [-0.2, 0) is 0 Å². The number of hydrogen-bond acceptors (Lipinski definition) is 4. The Labute approximate surface area is 165 Å². The van der Waals surface area contributed by atoms with E-state index in [1.807, 2.05) is 36.4 Å². The normalized spacial score (nSPS) is 11.2. The minimum atomic E-state index is -0.481. The van der Waals surface area contributed by atoms with Gasteiger partial charge in [-0.2, -0.15) is 5.11 Å². The Morgan fingerprint density at radius 2 is 1.25 bits per heavy atom. The van der Waals surface area contributed by atoms with Gasteiger partial charge in [0.05, 0.1) is 17.1 Å².